The van der Waals surface area contributed by atoms with Crippen LogP contribution in [0, 0.1) is 0 Å². The summed E-state index contributed by atoms with van der Waals surface area (Å²) in [5.41, 5.74) is 2.05. The molecule has 1 atom stereocenters. The Morgan fingerprint density at radius 3 is 2.62 bits per heavy atom. The van der Waals surface area contributed by atoms with Crippen LogP contribution >= 0.6 is 0 Å². The Bertz CT molecular complexity index is 681. The number of esters is 1. The molecule has 0 aromatic heterocycles. The van der Waals surface area contributed by atoms with Crippen molar-refractivity contribution in [2.45, 2.75) is 32.3 Å². The van der Waals surface area contributed by atoms with Crippen molar-refractivity contribution >= 4 is 5.97 Å². The van der Waals surface area contributed by atoms with Crippen LogP contribution in [0.25, 0.3) is 0 Å². The molecule has 4 heteroatoms. The highest BCUT2D eigenvalue weighted by molar-refractivity contribution is 5.70. The summed E-state index contributed by atoms with van der Waals surface area (Å²) in [6, 6.07) is 15.6. The maximum atomic E-state index is 12.1. The predicted molar refractivity (Wildman–Crippen MR) is 91.3 cm³/mol. The molecule has 0 N–H and O–H groups in total. The molecule has 0 saturated heterocycles. The molecule has 0 spiro atoms. The van der Waals surface area contributed by atoms with Crippen LogP contribution in [-0.2, 0) is 16.0 Å². The zero-order valence-electron chi connectivity index (χ0n) is 13.9. The van der Waals surface area contributed by atoms with Crippen molar-refractivity contribution in [3.05, 3.63) is 59.7 Å². The zero-order chi connectivity index (χ0) is 16.8. The first-order valence-electron chi connectivity index (χ1n) is 8.35. The van der Waals surface area contributed by atoms with Crippen molar-refractivity contribution < 1.29 is 19.0 Å². The van der Waals surface area contributed by atoms with Gasteiger partial charge in [-0.05, 0) is 36.6 Å². The molecule has 0 fully saturated rings. The molecular formula is C20H22O4. The number of aryl methyl sites for hydroxylation is 1. The number of hydrogen-bond acceptors (Lipinski definition) is 4. The number of rotatable bonds is 5. The second-order valence-electron chi connectivity index (χ2n) is 5.87. The smallest absolute Gasteiger partial charge is 0.306 e. The van der Waals surface area contributed by atoms with E-state index in [4.69, 9.17) is 14.2 Å². The summed E-state index contributed by atoms with van der Waals surface area (Å²) in [7, 11) is 0. The molecule has 2 aromatic rings. The lowest BCUT2D eigenvalue weighted by Gasteiger charge is -2.14. The number of fused-ring (bicyclic) bond motifs is 1. The van der Waals surface area contributed by atoms with Crippen LogP contribution in [0.15, 0.2) is 48.5 Å². The molecule has 3 rings (SSSR count). The molecule has 0 aliphatic carbocycles. The first-order valence-corrected chi connectivity index (χ1v) is 8.35. The van der Waals surface area contributed by atoms with Crippen LogP contribution in [0.1, 0.15) is 37.0 Å². The van der Waals surface area contributed by atoms with Gasteiger partial charge in [-0.1, -0.05) is 36.4 Å². The molecule has 1 aliphatic heterocycles. The summed E-state index contributed by atoms with van der Waals surface area (Å²) >= 11 is 0. The molecule has 0 saturated carbocycles. The molecule has 24 heavy (non-hydrogen) atoms. The molecule has 126 valence electrons. The minimum Gasteiger partial charge on any atom is -0.490 e. The van der Waals surface area contributed by atoms with Gasteiger partial charge < -0.3 is 14.2 Å². The predicted octanol–water partition coefficient (Wildman–Crippen LogP) is 4.08. The topological polar surface area (TPSA) is 44.8 Å². The second kappa shape index (κ2) is 7.86. The lowest BCUT2D eigenvalue weighted by molar-refractivity contribution is -0.148. The van der Waals surface area contributed by atoms with Gasteiger partial charge in [0.1, 0.15) is 6.10 Å². The van der Waals surface area contributed by atoms with Gasteiger partial charge >= 0.3 is 5.97 Å². The van der Waals surface area contributed by atoms with Crippen molar-refractivity contribution in [1.82, 2.24) is 0 Å². The summed E-state index contributed by atoms with van der Waals surface area (Å²) in [6.45, 7) is 3.23. The van der Waals surface area contributed by atoms with Crippen LogP contribution in [-0.4, -0.2) is 19.2 Å². The average molecular weight is 326 g/mol. The third-order valence-corrected chi connectivity index (χ3v) is 4.01. The summed E-state index contributed by atoms with van der Waals surface area (Å²) in [5, 5.41) is 0. The van der Waals surface area contributed by atoms with Crippen molar-refractivity contribution in [3.63, 3.8) is 0 Å². The van der Waals surface area contributed by atoms with E-state index in [1.54, 1.807) is 0 Å². The highest BCUT2D eigenvalue weighted by Crippen LogP contribution is 2.30. The Morgan fingerprint density at radius 2 is 1.83 bits per heavy atom. The van der Waals surface area contributed by atoms with E-state index in [1.807, 2.05) is 55.5 Å². The van der Waals surface area contributed by atoms with E-state index < -0.39 is 0 Å². The van der Waals surface area contributed by atoms with Crippen molar-refractivity contribution in [2.75, 3.05) is 13.2 Å². The van der Waals surface area contributed by atoms with Crippen molar-refractivity contribution in [2.24, 2.45) is 0 Å². The Labute approximate surface area is 142 Å². The fraction of sp³-hybridized carbons (Fsp3) is 0.350. The van der Waals surface area contributed by atoms with E-state index in [2.05, 4.69) is 0 Å². The normalized spacial score (nSPS) is 14.5. The van der Waals surface area contributed by atoms with Crippen molar-refractivity contribution in [3.8, 4) is 11.5 Å². The minimum atomic E-state index is -0.234. The summed E-state index contributed by atoms with van der Waals surface area (Å²) in [6.07, 6.45) is 1.61. The molecule has 0 radical (unpaired) electrons. The molecular weight excluding hydrogens is 304 g/mol. The highest BCUT2D eigenvalue weighted by atomic mass is 16.5. The number of hydrogen-bond donors (Lipinski definition) is 0. The fourth-order valence-electron chi connectivity index (χ4n) is 2.66. The highest BCUT2D eigenvalue weighted by Gasteiger charge is 2.14. The van der Waals surface area contributed by atoms with E-state index in [0.29, 0.717) is 26.1 Å². The van der Waals surface area contributed by atoms with Gasteiger partial charge in [0.2, 0.25) is 0 Å². The van der Waals surface area contributed by atoms with Gasteiger partial charge in [-0.3, -0.25) is 4.79 Å². The molecule has 0 bridgehead atoms. The van der Waals surface area contributed by atoms with Crippen LogP contribution < -0.4 is 9.47 Å². The SMILES string of the molecule is CC(OC(=O)CCc1ccc2c(c1)OCCCO2)c1ccccc1. The maximum absolute atomic E-state index is 12.1. The van der Waals surface area contributed by atoms with E-state index in [0.717, 1.165) is 29.0 Å². The van der Waals surface area contributed by atoms with E-state index in [1.165, 1.54) is 0 Å². The van der Waals surface area contributed by atoms with Crippen molar-refractivity contribution in [1.29, 1.82) is 0 Å². The Morgan fingerprint density at radius 1 is 1.08 bits per heavy atom. The lowest BCUT2D eigenvalue weighted by Crippen LogP contribution is -2.09. The van der Waals surface area contributed by atoms with Gasteiger partial charge in [0.05, 0.1) is 13.2 Å². The Kier molecular flexibility index (Phi) is 5.36. The van der Waals surface area contributed by atoms with E-state index in [-0.39, 0.29) is 12.1 Å². The lowest BCUT2D eigenvalue weighted by atomic mass is 10.1. The molecule has 1 aliphatic rings. The van der Waals surface area contributed by atoms with Gasteiger partial charge in [0, 0.05) is 12.8 Å². The molecule has 2 aromatic carbocycles. The Balaban J connectivity index is 1.54. The summed E-state index contributed by atoms with van der Waals surface area (Å²) < 4.78 is 16.8. The van der Waals surface area contributed by atoms with Crippen LogP contribution in [0.5, 0.6) is 11.5 Å². The summed E-state index contributed by atoms with van der Waals surface area (Å²) in [4.78, 5) is 12.1. The number of ether oxygens (including phenoxy) is 3. The minimum absolute atomic E-state index is 0.196. The van der Waals surface area contributed by atoms with Gasteiger partial charge in [-0.15, -0.1) is 0 Å². The van der Waals surface area contributed by atoms with Gasteiger partial charge in [0.15, 0.2) is 11.5 Å². The zero-order valence-corrected chi connectivity index (χ0v) is 13.9. The van der Waals surface area contributed by atoms with E-state index >= 15 is 0 Å². The van der Waals surface area contributed by atoms with E-state index in [9.17, 15) is 4.79 Å². The number of benzene rings is 2. The third kappa shape index (κ3) is 4.28. The molecule has 1 unspecified atom stereocenters. The van der Waals surface area contributed by atoms with Crippen LogP contribution in [0.2, 0.25) is 0 Å². The number of carbonyl (C=O) groups is 1. The molecule has 0 amide bonds. The molecule has 4 nitrogen and oxygen atoms in total. The largest absolute Gasteiger partial charge is 0.490 e. The van der Waals surface area contributed by atoms with Crippen LogP contribution in [0.3, 0.4) is 0 Å². The summed E-state index contributed by atoms with van der Waals surface area (Å²) in [5.74, 6) is 1.34. The van der Waals surface area contributed by atoms with Crippen LogP contribution in [0.4, 0.5) is 0 Å². The van der Waals surface area contributed by atoms with Gasteiger partial charge in [-0.2, -0.15) is 0 Å². The molecule has 1 heterocycles. The van der Waals surface area contributed by atoms with Gasteiger partial charge in [-0.25, -0.2) is 0 Å². The first-order chi connectivity index (χ1) is 11.7. The average Bonchev–Trinajstić information content (AvgIpc) is 2.85. The Hall–Kier alpha value is -2.49. The number of carbonyl (C=O) groups excluding carboxylic acids is 1. The van der Waals surface area contributed by atoms with Gasteiger partial charge in [0.25, 0.3) is 0 Å². The second-order valence-corrected chi connectivity index (χ2v) is 5.87. The third-order valence-electron chi connectivity index (χ3n) is 4.01. The standard InChI is InChI=1S/C20H22O4/c1-15(17-6-3-2-4-7-17)24-20(21)11-9-16-8-10-18-19(14-16)23-13-5-12-22-18/h2-4,6-8,10,14-15H,5,9,11-13H2,1H3. The monoisotopic (exact) mass is 326 g/mol. The first kappa shape index (κ1) is 16.4. The maximum Gasteiger partial charge on any atom is 0.306 e. The fourth-order valence-corrected chi connectivity index (χ4v) is 2.66. The quantitative estimate of drug-likeness (QED) is 0.777.